The Balaban J connectivity index is 1.72. The van der Waals surface area contributed by atoms with E-state index in [0.717, 1.165) is 40.3 Å². The fourth-order valence-corrected chi connectivity index (χ4v) is 3.80. The highest BCUT2D eigenvalue weighted by Gasteiger charge is 2.17. The third-order valence-corrected chi connectivity index (χ3v) is 6.07. The van der Waals surface area contributed by atoms with Crippen LogP contribution in [0.2, 0.25) is 0 Å². The molecule has 2 aromatic heterocycles. The molecule has 3 rings (SSSR count). The highest BCUT2D eigenvalue weighted by Crippen LogP contribution is 2.22. The number of benzene rings is 1. The third-order valence-electron chi connectivity index (χ3n) is 5.00. The number of halogens is 1. The Morgan fingerprint density at radius 2 is 1.86 bits per heavy atom. The fourth-order valence-electron chi connectivity index (χ4n) is 3.21. The summed E-state index contributed by atoms with van der Waals surface area (Å²) in [6.45, 7) is 10.5. The van der Waals surface area contributed by atoms with E-state index in [9.17, 15) is 0 Å². The second-order valence-corrected chi connectivity index (χ2v) is 8.47. The molecule has 6 nitrogen and oxygen atoms in total. The van der Waals surface area contributed by atoms with Gasteiger partial charge in [0.25, 0.3) is 0 Å². The largest absolute Gasteiger partial charge is 0.346 e. The number of hydrogen-bond donors (Lipinski definition) is 1. The summed E-state index contributed by atoms with van der Waals surface area (Å²) in [6, 6.07) is 8.55. The van der Waals surface area contributed by atoms with Crippen LogP contribution in [-0.4, -0.2) is 36.6 Å². The van der Waals surface area contributed by atoms with Crippen LogP contribution in [0.5, 0.6) is 0 Å². The minimum Gasteiger partial charge on any atom is -0.346 e. The Hall–Kier alpha value is -2.19. The number of rotatable bonds is 6. The summed E-state index contributed by atoms with van der Waals surface area (Å²) in [5.41, 5.74) is 6.56. The Labute approximate surface area is 186 Å². The Kier molecular flexibility index (Phi) is 6.74. The third kappa shape index (κ3) is 4.87. The van der Waals surface area contributed by atoms with E-state index in [-0.39, 0.29) is 0 Å². The smallest absolute Gasteiger partial charge is 0.173 e. The minimum atomic E-state index is 0.654. The number of hydrogen-bond acceptors (Lipinski definition) is 3. The van der Waals surface area contributed by atoms with Gasteiger partial charge in [0, 0.05) is 13.6 Å². The standard InChI is InChI=1S/C21H27BrN6S/c1-6-27-19(18(22)11-23-27)13-26(5)21(29)24-20-15(3)25-28(16(20)4)12-17-9-7-14(2)8-10-17/h7-11H,6,12-13H2,1-5H3,(H,24,29). The lowest BCUT2D eigenvalue weighted by molar-refractivity contribution is 0.470. The average molecular weight is 475 g/mol. The zero-order valence-electron chi connectivity index (χ0n) is 17.5. The van der Waals surface area contributed by atoms with Crippen molar-refractivity contribution in [1.82, 2.24) is 24.5 Å². The first kappa shape index (κ1) is 21.5. The summed E-state index contributed by atoms with van der Waals surface area (Å²) >= 11 is 9.24. The molecule has 0 fully saturated rings. The molecular formula is C21H27BrN6S. The van der Waals surface area contributed by atoms with E-state index in [1.807, 2.05) is 34.4 Å². The number of nitrogens with zero attached hydrogens (tertiary/aromatic N) is 5. The predicted octanol–water partition coefficient (Wildman–Crippen LogP) is 4.66. The maximum atomic E-state index is 5.66. The topological polar surface area (TPSA) is 50.9 Å². The molecule has 29 heavy (non-hydrogen) atoms. The monoisotopic (exact) mass is 474 g/mol. The lowest BCUT2D eigenvalue weighted by atomic mass is 10.1. The van der Waals surface area contributed by atoms with Crippen molar-refractivity contribution >= 4 is 38.9 Å². The molecule has 0 aliphatic rings. The average Bonchev–Trinajstić information content (AvgIpc) is 3.17. The SMILES string of the molecule is CCn1ncc(Br)c1CN(C)C(=S)Nc1c(C)nn(Cc2ccc(C)cc2)c1C. The van der Waals surface area contributed by atoms with Gasteiger partial charge in [-0.2, -0.15) is 10.2 Å². The lowest BCUT2D eigenvalue weighted by Gasteiger charge is -2.22. The zero-order chi connectivity index (χ0) is 21.1. The lowest BCUT2D eigenvalue weighted by Crippen LogP contribution is -2.32. The predicted molar refractivity (Wildman–Crippen MR) is 125 cm³/mol. The van der Waals surface area contributed by atoms with Crippen molar-refractivity contribution < 1.29 is 0 Å². The van der Waals surface area contributed by atoms with Gasteiger partial charge in [-0.3, -0.25) is 9.36 Å². The van der Waals surface area contributed by atoms with Gasteiger partial charge in [-0.25, -0.2) is 0 Å². The molecule has 0 saturated heterocycles. The molecule has 0 atom stereocenters. The number of nitrogens with one attached hydrogen (secondary N) is 1. The van der Waals surface area contributed by atoms with Crippen LogP contribution in [-0.2, 0) is 19.6 Å². The van der Waals surface area contributed by atoms with Gasteiger partial charge in [0.05, 0.1) is 46.5 Å². The van der Waals surface area contributed by atoms with E-state index in [0.29, 0.717) is 11.7 Å². The van der Waals surface area contributed by atoms with Crippen LogP contribution in [0, 0.1) is 20.8 Å². The van der Waals surface area contributed by atoms with E-state index in [1.54, 1.807) is 0 Å². The van der Waals surface area contributed by atoms with Crippen LogP contribution in [0.1, 0.15) is 35.1 Å². The van der Waals surface area contributed by atoms with Crippen LogP contribution >= 0.6 is 28.1 Å². The van der Waals surface area contributed by atoms with Gasteiger partial charge in [-0.1, -0.05) is 29.8 Å². The van der Waals surface area contributed by atoms with E-state index in [2.05, 4.69) is 71.4 Å². The van der Waals surface area contributed by atoms with E-state index < -0.39 is 0 Å². The van der Waals surface area contributed by atoms with Crippen molar-refractivity contribution in [3.8, 4) is 0 Å². The number of aromatic nitrogens is 4. The van der Waals surface area contributed by atoms with Gasteiger partial charge >= 0.3 is 0 Å². The van der Waals surface area contributed by atoms with Gasteiger partial charge in [0.2, 0.25) is 0 Å². The second kappa shape index (κ2) is 9.09. The maximum absolute atomic E-state index is 5.66. The van der Waals surface area contributed by atoms with Crippen LogP contribution in [0.15, 0.2) is 34.9 Å². The number of aryl methyl sites for hydroxylation is 3. The molecule has 0 saturated carbocycles. The first-order valence-corrected chi connectivity index (χ1v) is 10.8. The van der Waals surface area contributed by atoms with Crippen molar-refractivity contribution in [3.63, 3.8) is 0 Å². The van der Waals surface area contributed by atoms with Gasteiger partial charge in [0.1, 0.15) is 0 Å². The summed E-state index contributed by atoms with van der Waals surface area (Å²) in [7, 11) is 1.98. The minimum absolute atomic E-state index is 0.654. The summed E-state index contributed by atoms with van der Waals surface area (Å²) in [6.07, 6.45) is 1.83. The molecule has 0 spiro atoms. The Morgan fingerprint density at radius 3 is 2.52 bits per heavy atom. The van der Waals surface area contributed by atoms with Crippen molar-refractivity contribution in [3.05, 3.63) is 63.1 Å². The maximum Gasteiger partial charge on any atom is 0.173 e. The van der Waals surface area contributed by atoms with Gasteiger partial charge in [-0.05, 0) is 61.4 Å². The quantitative estimate of drug-likeness (QED) is 0.526. The first-order chi connectivity index (χ1) is 13.8. The first-order valence-electron chi connectivity index (χ1n) is 9.62. The summed E-state index contributed by atoms with van der Waals surface area (Å²) in [5.74, 6) is 0. The highest BCUT2D eigenvalue weighted by atomic mass is 79.9. The van der Waals surface area contributed by atoms with Crippen molar-refractivity contribution in [2.24, 2.45) is 0 Å². The van der Waals surface area contributed by atoms with Crippen LogP contribution in [0.4, 0.5) is 5.69 Å². The van der Waals surface area contributed by atoms with E-state index in [1.165, 1.54) is 11.1 Å². The highest BCUT2D eigenvalue weighted by molar-refractivity contribution is 9.10. The molecule has 8 heteroatoms. The van der Waals surface area contributed by atoms with Crippen LogP contribution in [0.3, 0.4) is 0 Å². The molecule has 2 heterocycles. The molecular weight excluding hydrogens is 448 g/mol. The summed E-state index contributed by atoms with van der Waals surface area (Å²) in [4.78, 5) is 2.01. The van der Waals surface area contributed by atoms with Crippen molar-refractivity contribution in [1.29, 1.82) is 0 Å². The molecule has 0 radical (unpaired) electrons. The fraction of sp³-hybridized carbons (Fsp3) is 0.381. The molecule has 0 aliphatic carbocycles. The van der Waals surface area contributed by atoms with E-state index in [4.69, 9.17) is 17.3 Å². The summed E-state index contributed by atoms with van der Waals surface area (Å²) < 4.78 is 4.99. The second-order valence-electron chi connectivity index (χ2n) is 7.23. The van der Waals surface area contributed by atoms with Gasteiger partial charge < -0.3 is 10.2 Å². The van der Waals surface area contributed by atoms with Crippen molar-refractivity contribution in [2.45, 2.75) is 47.3 Å². The zero-order valence-corrected chi connectivity index (χ0v) is 19.9. The molecule has 0 aliphatic heterocycles. The van der Waals surface area contributed by atoms with Crippen LogP contribution < -0.4 is 5.32 Å². The van der Waals surface area contributed by atoms with E-state index >= 15 is 0 Å². The molecule has 154 valence electrons. The normalized spacial score (nSPS) is 11.0. The Bertz CT molecular complexity index is 1010. The molecule has 1 N–H and O–H groups in total. The number of thiocarbonyl (C=S) groups is 1. The van der Waals surface area contributed by atoms with Gasteiger partial charge in [0.15, 0.2) is 5.11 Å². The van der Waals surface area contributed by atoms with Crippen LogP contribution in [0.25, 0.3) is 0 Å². The van der Waals surface area contributed by atoms with Gasteiger partial charge in [-0.15, -0.1) is 0 Å². The molecule has 0 amide bonds. The molecule has 0 unspecified atom stereocenters. The van der Waals surface area contributed by atoms with Crippen molar-refractivity contribution in [2.75, 3.05) is 12.4 Å². The summed E-state index contributed by atoms with van der Waals surface area (Å²) in [5, 5.41) is 13.1. The molecule has 0 bridgehead atoms. The molecule has 3 aromatic rings. The molecule has 1 aromatic carbocycles. The number of anilines is 1. The Morgan fingerprint density at radius 1 is 1.17 bits per heavy atom.